The molecule has 14 heavy (non-hydrogen) atoms. The fourth-order valence-corrected chi connectivity index (χ4v) is 1.34. The van der Waals surface area contributed by atoms with Crippen molar-refractivity contribution >= 4 is 12.6 Å². The van der Waals surface area contributed by atoms with Crippen LogP contribution in [-0.4, -0.2) is 12.4 Å². The van der Waals surface area contributed by atoms with E-state index in [9.17, 15) is 4.39 Å². The highest BCUT2D eigenvalue weighted by molar-refractivity contribution is 7.80. The molecule has 0 fully saturated rings. The van der Waals surface area contributed by atoms with E-state index in [4.69, 9.17) is 4.74 Å². The van der Waals surface area contributed by atoms with Gasteiger partial charge >= 0.3 is 0 Å². The van der Waals surface area contributed by atoms with E-state index in [0.29, 0.717) is 18.8 Å². The van der Waals surface area contributed by atoms with Gasteiger partial charge in [-0.15, -0.1) is 0 Å². The zero-order chi connectivity index (χ0) is 10.2. The Kier molecular flexibility index (Phi) is 5.64. The van der Waals surface area contributed by atoms with Crippen LogP contribution >= 0.6 is 12.6 Å². The van der Waals surface area contributed by atoms with Crippen LogP contribution in [0, 0.1) is 5.82 Å². The molecule has 0 aliphatic rings. The number of ether oxygens (including phenoxy) is 1. The molecule has 0 amide bonds. The quantitative estimate of drug-likeness (QED) is 0.565. The maximum atomic E-state index is 13.1. The molecule has 0 heterocycles. The van der Waals surface area contributed by atoms with E-state index in [1.165, 1.54) is 6.07 Å². The Bertz CT molecular complexity index is 265. The van der Waals surface area contributed by atoms with Crippen LogP contribution in [-0.2, 0) is 11.3 Å². The van der Waals surface area contributed by atoms with Gasteiger partial charge in [-0.25, -0.2) is 4.39 Å². The van der Waals surface area contributed by atoms with Crippen molar-refractivity contribution in [3.05, 3.63) is 35.6 Å². The Hall–Kier alpha value is -0.540. The van der Waals surface area contributed by atoms with Gasteiger partial charge in [0, 0.05) is 12.2 Å². The molecular weight excluding hydrogens is 199 g/mol. The van der Waals surface area contributed by atoms with Crippen molar-refractivity contribution in [1.29, 1.82) is 0 Å². The van der Waals surface area contributed by atoms with Crippen LogP contribution in [0.5, 0.6) is 0 Å². The van der Waals surface area contributed by atoms with Gasteiger partial charge in [0.1, 0.15) is 5.82 Å². The summed E-state index contributed by atoms with van der Waals surface area (Å²) in [4.78, 5) is 0. The molecular formula is C11H15FOS. The molecule has 0 saturated heterocycles. The normalized spacial score (nSPS) is 10.4. The van der Waals surface area contributed by atoms with Gasteiger partial charge in [-0.2, -0.15) is 12.6 Å². The Morgan fingerprint density at radius 3 is 2.71 bits per heavy atom. The van der Waals surface area contributed by atoms with Gasteiger partial charge < -0.3 is 4.74 Å². The first-order valence-corrected chi connectivity index (χ1v) is 5.40. The van der Waals surface area contributed by atoms with Crippen molar-refractivity contribution in [3.8, 4) is 0 Å². The van der Waals surface area contributed by atoms with Crippen LogP contribution in [0.15, 0.2) is 24.3 Å². The van der Waals surface area contributed by atoms with E-state index < -0.39 is 0 Å². The van der Waals surface area contributed by atoms with Crippen molar-refractivity contribution in [2.24, 2.45) is 0 Å². The monoisotopic (exact) mass is 214 g/mol. The molecule has 0 spiro atoms. The summed E-state index contributed by atoms with van der Waals surface area (Å²) in [7, 11) is 0. The molecule has 3 heteroatoms. The highest BCUT2D eigenvalue weighted by atomic mass is 32.1. The van der Waals surface area contributed by atoms with Crippen molar-refractivity contribution in [2.45, 2.75) is 19.4 Å². The topological polar surface area (TPSA) is 9.23 Å². The average Bonchev–Trinajstić information content (AvgIpc) is 2.20. The van der Waals surface area contributed by atoms with Crippen LogP contribution in [0.4, 0.5) is 4.39 Å². The van der Waals surface area contributed by atoms with Gasteiger partial charge in [0.15, 0.2) is 0 Å². The van der Waals surface area contributed by atoms with Gasteiger partial charge in [-0.05, 0) is 24.7 Å². The summed E-state index contributed by atoms with van der Waals surface area (Å²) in [5, 5.41) is 0. The fraction of sp³-hybridized carbons (Fsp3) is 0.455. The maximum Gasteiger partial charge on any atom is 0.128 e. The van der Waals surface area contributed by atoms with Crippen LogP contribution < -0.4 is 0 Å². The number of unbranched alkanes of at least 4 members (excludes halogenated alkanes) is 1. The molecule has 0 aromatic heterocycles. The lowest BCUT2D eigenvalue weighted by molar-refractivity contribution is 0.116. The second-order valence-electron chi connectivity index (χ2n) is 3.07. The highest BCUT2D eigenvalue weighted by Crippen LogP contribution is 2.07. The van der Waals surface area contributed by atoms with Crippen molar-refractivity contribution < 1.29 is 9.13 Å². The molecule has 0 aliphatic heterocycles. The average molecular weight is 214 g/mol. The van der Waals surface area contributed by atoms with E-state index in [2.05, 4.69) is 12.6 Å². The Morgan fingerprint density at radius 1 is 1.21 bits per heavy atom. The molecule has 1 rings (SSSR count). The lowest BCUT2D eigenvalue weighted by atomic mass is 10.2. The van der Waals surface area contributed by atoms with Gasteiger partial charge in [0.25, 0.3) is 0 Å². The molecule has 78 valence electrons. The molecule has 0 saturated carbocycles. The third kappa shape index (κ3) is 4.11. The molecule has 1 aromatic rings. The van der Waals surface area contributed by atoms with Crippen LogP contribution in [0.25, 0.3) is 0 Å². The first-order chi connectivity index (χ1) is 6.84. The third-order valence-electron chi connectivity index (χ3n) is 1.91. The number of hydrogen-bond acceptors (Lipinski definition) is 2. The second kappa shape index (κ2) is 6.85. The molecule has 0 N–H and O–H groups in total. The lowest BCUT2D eigenvalue weighted by Gasteiger charge is -2.04. The Morgan fingerprint density at radius 2 is 2.00 bits per heavy atom. The van der Waals surface area contributed by atoms with E-state index in [0.717, 1.165) is 18.6 Å². The van der Waals surface area contributed by atoms with Crippen molar-refractivity contribution in [3.63, 3.8) is 0 Å². The zero-order valence-electron chi connectivity index (χ0n) is 8.08. The number of hydrogen-bond donors (Lipinski definition) is 1. The third-order valence-corrected chi connectivity index (χ3v) is 2.23. The Labute approximate surface area is 89.7 Å². The van der Waals surface area contributed by atoms with Crippen molar-refractivity contribution in [2.75, 3.05) is 12.4 Å². The van der Waals surface area contributed by atoms with E-state index in [-0.39, 0.29) is 5.82 Å². The summed E-state index contributed by atoms with van der Waals surface area (Å²) in [5.74, 6) is 0.685. The molecule has 0 aliphatic carbocycles. The zero-order valence-corrected chi connectivity index (χ0v) is 8.97. The SMILES string of the molecule is Fc1ccccc1COCCCCS. The predicted molar refractivity (Wildman–Crippen MR) is 59.1 cm³/mol. The predicted octanol–water partition coefficient (Wildman–Crippen LogP) is 3.05. The molecule has 0 unspecified atom stereocenters. The van der Waals surface area contributed by atoms with Crippen LogP contribution in [0.2, 0.25) is 0 Å². The van der Waals surface area contributed by atoms with E-state index in [1.807, 2.05) is 6.07 Å². The van der Waals surface area contributed by atoms with Crippen molar-refractivity contribution in [1.82, 2.24) is 0 Å². The summed E-state index contributed by atoms with van der Waals surface area (Å²) < 4.78 is 18.4. The number of thiol groups is 1. The summed E-state index contributed by atoms with van der Waals surface area (Å²) in [6.07, 6.45) is 2.03. The summed E-state index contributed by atoms with van der Waals surface area (Å²) in [6, 6.07) is 6.69. The minimum absolute atomic E-state index is 0.193. The number of halogens is 1. The van der Waals surface area contributed by atoms with E-state index >= 15 is 0 Å². The van der Waals surface area contributed by atoms with Crippen LogP contribution in [0.3, 0.4) is 0 Å². The molecule has 1 aromatic carbocycles. The molecule has 0 bridgehead atoms. The van der Waals surface area contributed by atoms with Gasteiger partial charge in [-0.1, -0.05) is 18.2 Å². The smallest absolute Gasteiger partial charge is 0.128 e. The first kappa shape index (κ1) is 11.5. The highest BCUT2D eigenvalue weighted by Gasteiger charge is 1.99. The summed E-state index contributed by atoms with van der Waals surface area (Å²) >= 11 is 4.09. The van der Waals surface area contributed by atoms with Gasteiger partial charge in [-0.3, -0.25) is 0 Å². The maximum absolute atomic E-state index is 13.1. The fourth-order valence-electron chi connectivity index (χ4n) is 1.11. The molecule has 0 radical (unpaired) electrons. The van der Waals surface area contributed by atoms with Gasteiger partial charge in [0.05, 0.1) is 6.61 Å². The van der Waals surface area contributed by atoms with E-state index in [1.54, 1.807) is 12.1 Å². The Balaban J connectivity index is 2.21. The first-order valence-electron chi connectivity index (χ1n) is 4.76. The summed E-state index contributed by atoms with van der Waals surface area (Å²) in [6.45, 7) is 1.04. The largest absolute Gasteiger partial charge is 0.377 e. The lowest BCUT2D eigenvalue weighted by Crippen LogP contribution is -1.97. The number of rotatable bonds is 6. The standard InChI is InChI=1S/C11H15FOS/c12-11-6-2-1-5-10(11)9-13-7-3-4-8-14/h1-2,5-6,14H,3-4,7-9H2. The second-order valence-corrected chi connectivity index (χ2v) is 3.52. The molecule has 0 atom stereocenters. The molecule has 1 nitrogen and oxygen atoms in total. The minimum atomic E-state index is -0.193. The summed E-state index contributed by atoms with van der Waals surface area (Å²) in [5.41, 5.74) is 0.623. The van der Waals surface area contributed by atoms with Crippen LogP contribution in [0.1, 0.15) is 18.4 Å². The minimum Gasteiger partial charge on any atom is -0.377 e. The number of benzene rings is 1. The van der Waals surface area contributed by atoms with Gasteiger partial charge in [0.2, 0.25) is 0 Å².